The maximum atomic E-state index is 5.79. The third-order valence-electron chi connectivity index (χ3n) is 3.13. The Morgan fingerprint density at radius 1 is 1.44 bits per heavy atom. The van der Waals surface area contributed by atoms with E-state index in [2.05, 4.69) is 32.5 Å². The first-order valence-corrected chi connectivity index (χ1v) is 6.39. The second-order valence-corrected chi connectivity index (χ2v) is 5.20. The highest BCUT2D eigenvalue weighted by Crippen LogP contribution is 2.25. The number of piperidine rings is 1. The van der Waals surface area contributed by atoms with Crippen molar-refractivity contribution in [3.8, 4) is 6.01 Å². The lowest BCUT2D eigenvalue weighted by Crippen LogP contribution is -2.42. The number of nitrogens with zero attached hydrogens (tertiary/aromatic N) is 3. The number of halogens is 1. The molecule has 0 radical (unpaired) electrons. The largest absolute Gasteiger partial charge is 0.467 e. The Kier molecular flexibility index (Phi) is 4.19. The molecule has 0 aliphatic carbocycles. The van der Waals surface area contributed by atoms with E-state index in [9.17, 15) is 0 Å². The Morgan fingerprint density at radius 3 is 2.94 bits per heavy atom. The van der Waals surface area contributed by atoms with E-state index >= 15 is 0 Å². The highest BCUT2D eigenvalue weighted by atomic mass is 35.5. The number of hydrogen-bond acceptors (Lipinski definition) is 6. The molecule has 1 aromatic rings. The molecule has 0 aromatic carbocycles. The van der Waals surface area contributed by atoms with Crippen molar-refractivity contribution >= 4 is 17.5 Å². The molecule has 2 heterocycles. The van der Waals surface area contributed by atoms with E-state index in [4.69, 9.17) is 16.3 Å². The highest BCUT2D eigenvalue weighted by Gasteiger charge is 2.26. The van der Waals surface area contributed by atoms with Crippen molar-refractivity contribution in [2.24, 2.45) is 5.41 Å². The van der Waals surface area contributed by atoms with Crippen LogP contribution in [0.3, 0.4) is 0 Å². The summed E-state index contributed by atoms with van der Waals surface area (Å²) in [6.07, 6.45) is 2.38. The highest BCUT2D eigenvalue weighted by molar-refractivity contribution is 6.28. The van der Waals surface area contributed by atoms with Crippen LogP contribution in [0.1, 0.15) is 19.8 Å². The summed E-state index contributed by atoms with van der Waals surface area (Å²) in [6.45, 7) is 5.13. The molecule has 1 saturated heterocycles. The number of methoxy groups -OCH3 is 1. The second kappa shape index (κ2) is 5.67. The number of anilines is 1. The number of hydrogen-bond donors (Lipinski definition) is 2. The van der Waals surface area contributed by atoms with Crippen LogP contribution < -0.4 is 15.4 Å². The molecular formula is C11H18ClN5O. The maximum absolute atomic E-state index is 5.79. The predicted octanol–water partition coefficient (Wildman–Crippen LogP) is 1.34. The predicted molar refractivity (Wildman–Crippen MR) is 70.1 cm³/mol. The molecule has 18 heavy (non-hydrogen) atoms. The van der Waals surface area contributed by atoms with Crippen molar-refractivity contribution in [1.29, 1.82) is 0 Å². The van der Waals surface area contributed by atoms with Gasteiger partial charge in [0.2, 0.25) is 11.2 Å². The summed E-state index contributed by atoms with van der Waals surface area (Å²) >= 11 is 5.79. The Balaban J connectivity index is 1.98. The van der Waals surface area contributed by atoms with Crippen LogP contribution in [0.25, 0.3) is 0 Å². The lowest BCUT2D eigenvalue weighted by atomic mass is 9.83. The molecule has 1 fully saturated rings. The number of rotatable bonds is 4. The van der Waals surface area contributed by atoms with Gasteiger partial charge in [-0.3, -0.25) is 0 Å². The third-order valence-corrected chi connectivity index (χ3v) is 3.30. The van der Waals surface area contributed by atoms with Crippen LogP contribution in [0.5, 0.6) is 6.01 Å². The topological polar surface area (TPSA) is 72.0 Å². The summed E-state index contributed by atoms with van der Waals surface area (Å²) in [5, 5.41) is 6.74. The van der Waals surface area contributed by atoms with E-state index in [1.54, 1.807) is 0 Å². The van der Waals surface area contributed by atoms with Gasteiger partial charge < -0.3 is 15.4 Å². The van der Waals surface area contributed by atoms with E-state index in [0.29, 0.717) is 5.95 Å². The zero-order valence-electron chi connectivity index (χ0n) is 10.7. The molecule has 1 atom stereocenters. The van der Waals surface area contributed by atoms with Gasteiger partial charge in [0.05, 0.1) is 7.11 Å². The van der Waals surface area contributed by atoms with Gasteiger partial charge >= 0.3 is 6.01 Å². The van der Waals surface area contributed by atoms with Crippen LogP contribution in [-0.2, 0) is 0 Å². The van der Waals surface area contributed by atoms with Crippen molar-refractivity contribution in [2.75, 3.05) is 32.1 Å². The van der Waals surface area contributed by atoms with Crippen LogP contribution in [0.15, 0.2) is 0 Å². The van der Waals surface area contributed by atoms with Crippen molar-refractivity contribution in [3.63, 3.8) is 0 Å². The van der Waals surface area contributed by atoms with Gasteiger partial charge in [0, 0.05) is 13.1 Å². The summed E-state index contributed by atoms with van der Waals surface area (Å²) in [5.41, 5.74) is 0.213. The first kappa shape index (κ1) is 13.3. The Labute approximate surface area is 112 Å². The average molecular weight is 272 g/mol. The van der Waals surface area contributed by atoms with E-state index < -0.39 is 0 Å². The molecule has 0 amide bonds. The lowest BCUT2D eigenvalue weighted by Gasteiger charge is -2.34. The van der Waals surface area contributed by atoms with Crippen molar-refractivity contribution in [3.05, 3.63) is 5.28 Å². The molecule has 1 aromatic heterocycles. The summed E-state index contributed by atoms with van der Waals surface area (Å²) in [7, 11) is 1.50. The second-order valence-electron chi connectivity index (χ2n) is 4.86. The Morgan fingerprint density at radius 2 is 2.28 bits per heavy atom. The molecule has 1 unspecified atom stereocenters. The van der Waals surface area contributed by atoms with Crippen molar-refractivity contribution in [2.45, 2.75) is 19.8 Å². The molecule has 6 nitrogen and oxygen atoms in total. The first-order valence-electron chi connectivity index (χ1n) is 6.01. The summed E-state index contributed by atoms with van der Waals surface area (Å²) in [6, 6.07) is 0.226. The van der Waals surface area contributed by atoms with Gasteiger partial charge in [0.25, 0.3) is 0 Å². The quantitative estimate of drug-likeness (QED) is 0.861. The zero-order valence-corrected chi connectivity index (χ0v) is 11.4. The van der Waals surface area contributed by atoms with Gasteiger partial charge in [-0.1, -0.05) is 6.92 Å². The van der Waals surface area contributed by atoms with Gasteiger partial charge in [0.1, 0.15) is 0 Å². The number of aromatic nitrogens is 3. The van der Waals surface area contributed by atoms with E-state index in [1.165, 1.54) is 20.0 Å². The van der Waals surface area contributed by atoms with E-state index in [-0.39, 0.29) is 16.7 Å². The third kappa shape index (κ3) is 3.43. The lowest BCUT2D eigenvalue weighted by molar-refractivity contribution is 0.253. The van der Waals surface area contributed by atoms with Crippen LogP contribution in [0.2, 0.25) is 5.28 Å². The monoisotopic (exact) mass is 271 g/mol. The van der Waals surface area contributed by atoms with Gasteiger partial charge in [-0.05, 0) is 36.4 Å². The van der Waals surface area contributed by atoms with E-state index in [0.717, 1.165) is 19.6 Å². The summed E-state index contributed by atoms with van der Waals surface area (Å²) < 4.78 is 4.95. The zero-order chi connectivity index (χ0) is 13.0. The molecule has 100 valence electrons. The Bertz CT molecular complexity index is 408. The van der Waals surface area contributed by atoms with Gasteiger partial charge in [-0.25, -0.2) is 0 Å². The molecule has 0 spiro atoms. The molecule has 1 aliphatic heterocycles. The standard InChI is InChI=1S/C11H18ClN5O/c1-11(4-3-5-13-6-11)7-14-9-15-8(12)16-10(17-9)18-2/h13H,3-7H2,1-2H3,(H,14,15,16,17). The van der Waals surface area contributed by atoms with Crippen LogP contribution >= 0.6 is 11.6 Å². The minimum Gasteiger partial charge on any atom is -0.467 e. The number of ether oxygens (including phenoxy) is 1. The molecule has 2 N–H and O–H groups in total. The minimum absolute atomic E-state index is 0.135. The SMILES string of the molecule is COc1nc(Cl)nc(NCC2(C)CCCNC2)n1. The van der Waals surface area contributed by atoms with Gasteiger partial charge in [0.15, 0.2) is 0 Å². The fourth-order valence-electron chi connectivity index (χ4n) is 2.06. The smallest absolute Gasteiger partial charge is 0.322 e. The van der Waals surface area contributed by atoms with Crippen LogP contribution in [0.4, 0.5) is 5.95 Å². The van der Waals surface area contributed by atoms with Gasteiger partial charge in [-0.2, -0.15) is 15.0 Å². The van der Waals surface area contributed by atoms with Crippen molar-refractivity contribution < 1.29 is 4.74 Å². The fraction of sp³-hybridized carbons (Fsp3) is 0.727. The molecule has 7 heteroatoms. The summed E-state index contributed by atoms with van der Waals surface area (Å²) in [5.74, 6) is 0.457. The summed E-state index contributed by atoms with van der Waals surface area (Å²) in [4.78, 5) is 12.0. The molecule has 1 aliphatic rings. The van der Waals surface area contributed by atoms with Crippen molar-refractivity contribution in [1.82, 2.24) is 20.3 Å². The molecule has 2 rings (SSSR count). The Hall–Kier alpha value is -1.14. The molecule has 0 bridgehead atoms. The average Bonchev–Trinajstić information content (AvgIpc) is 2.37. The maximum Gasteiger partial charge on any atom is 0.322 e. The minimum atomic E-state index is 0.135. The van der Waals surface area contributed by atoms with Crippen LogP contribution in [-0.4, -0.2) is 41.7 Å². The molecular weight excluding hydrogens is 254 g/mol. The molecule has 0 saturated carbocycles. The fourth-order valence-corrected chi connectivity index (χ4v) is 2.22. The van der Waals surface area contributed by atoms with E-state index in [1.807, 2.05) is 0 Å². The number of nitrogens with one attached hydrogen (secondary N) is 2. The normalized spacial score (nSPS) is 23.7. The van der Waals surface area contributed by atoms with Crippen LogP contribution in [0, 0.1) is 5.41 Å². The first-order chi connectivity index (χ1) is 8.61. The van der Waals surface area contributed by atoms with Gasteiger partial charge in [-0.15, -0.1) is 0 Å².